The molecular weight excluding hydrogens is 320 g/mol. The molecule has 0 saturated heterocycles. The molecule has 3 rings (SSSR count). The van der Waals surface area contributed by atoms with Crippen molar-refractivity contribution in [2.75, 3.05) is 5.32 Å². The van der Waals surface area contributed by atoms with E-state index in [9.17, 15) is 9.59 Å². The number of hydrogen-bond donors (Lipinski definition) is 3. The molecule has 0 spiro atoms. The number of aromatic amines is 1. The number of aryl methyl sites for hydroxylation is 1. The van der Waals surface area contributed by atoms with Crippen molar-refractivity contribution in [2.24, 2.45) is 0 Å². The van der Waals surface area contributed by atoms with Crippen LogP contribution in [0.25, 0.3) is 0 Å². The Morgan fingerprint density at radius 2 is 1.96 bits per heavy atom. The molecule has 0 aliphatic rings. The van der Waals surface area contributed by atoms with Crippen LogP contribution in [0.1, 0.15) is 23.1 Å². The second kappa shape index (κ2) is 7.48. The summed E-state index contributed by atoms with van der Waals surface area (Å²) in [6.45, 7) is 1.81. The molecule has 2 amide bonds. The van der Waals surface area contributed by atoms with Gasteiger partial charge in [-0.3, -0.25) is 14.7 Å². The predicted octanol–water partition coefficient (Wildman–Crippen LogP) is 2.35. The van der Waals surface area contributed by atoms with Crippen LogP contribution < -0.4 is 10.6 Å². The highest BCUT2D eigenvalue weighted by molar-refractivity contribution is 5.97. The maximum atomic E-state index is 12.6. The van der Waals surface area contributed by atoms with Crippen LogP contribution in [0.4, 0.5) is 5.82 Å². The monoisotopic (exact) mass is 338 g/mol. The maximum Gasteiger partial charge on any atom is 0.252 e. The smallest absolute Gasteiger partial charge is 0.252 e. The highest BCUT2D eigenvalue weighted by atomic mass is 16.3. The van der Waals surface area contributed by atoms with E-state index in [0.717, 1.165) is 5.76 Å². The standard InChI is InChI=1S/C18H18N4O3/c1-12-7-8-14(25-12)11-16(23)21-17(13-5-3-2-4-6-13)18(24)20-15-9-10-19-22-15/h2-10,17H,11H2,1H3,(H,21,23)(H2,19,20,22,24). The molecule has 0 radical (unpaired) electrons. The first-order chi connectivity index (χ1) is 12.1. The van der Waals surface area contributed by atoms with Crippen LogP contribution in [0.3, 0.4) is 0 Å². The summed E-state index contributed by atoms with van der Waals surface area (Å²) in [7, 11) is 0. The van der Waals surface area contributed by atoms with E-state index in [0.29, 0.717) is 17.1 Å². The third kappa shape index (κ3) is 4.35. The summed E-state index contributed by atoms with van der Waals surface area (Å²) in [5, 5.41) is 11.9. The Bertz CT molecular complexity index is 840. The molecule has 0 fully saturated rings. The molecule has 2 heterocycles. The molecule has 0 bridgehead atoms. The number of amides is 2. The van der Waals surface area contributed by atoms with Crippen molar-refractivity contribution in [1.82, 2.24) is 15.5 Å². The largest absolute Gasteiger partial charge is 0.466 e. The number of aromatic nitrogens is 2. The van der Waals surface area contributed by atoms with Crippen LogP contribution in [0.5, 0.6) is 0 Å². The van der Waals surface area contributed by atoms with Crippen molar-refractivity contribution in [3.8, 4) is 0 Å². The van der Waals surface area contributed by atoms with E-state index in [2.05, 4.69) is 20.8 Å². The fraction of sp³-hybridized carbons (Fsp3) is 0.167. The van der Waals surface area contributed by atoms with Crippen molar-refractivity contribution in [1.29, 1.82) is 0 Å². The first-order valence-electron chi connectivity index (χ1n) is 7.81. The third-order valence-corrected chi connectivity index (χ3v) is 3.59. The number of hydrogen-bond acceptors (Lipinski definition) is 4. The zero-order chi connectivity index (χ0) is 17.6. The van der Waals surface area contributed by atoms with E-state index < -0.39 is 6.04 Å². The van der Waals surface area contributed by atoms with Crippen molar-refractivity contribution < 1.29 is 14.0 Å². The quantitative estimate of drug-likeness (QED) is 0.642. The van der Waals surface area contributed by atoms with Gasteiger partial charge in [0, 0.05) is 6.07 Å². The molecule has 128 valence electrons. The second-order valence-electron chi connectivity index (χ2n) is 5.56. The van der Waals surface area contributed by atoms with Gasteiger partial charge in [0.2, 0.25) is 5.91 Å². The Morgan fingerprint density at radius 3 is 2.60 bits per heavy atom. The molecule has 25 heavy (non-hydrogen) atoms. The minimum Gasteiger partial charge on any atom is -0.466 e. The highest BCUT2D eigenvalue weighted by Crippen LogP contribution is 2.16. The van der Waals surface area contributed by atoms with Gasteiger partial charge in [0.05, 0.1) is 12.6 Å². The minimum atomic E-state index is -0.826. The molecule has 0 aliphatic heterocycles. The summed E-state index contributed by atoms with van der Waals surface area (Å²) in [4.78, 5) is 24.9. The number of carbonyl (C=O) groups is 2. The van der Waals surface area contributed by atoms with Crippen molar-refractivity contribution in [3.63, 3.8) is 0 Å². The molecule has 1 aromatic carbocycles. The molecule has 1 atom stereocenters. The highest BCUT2D eigenvalue weighted by Gasteiger charge is 2.23. The first-order valence-corrected chi connectivity index (χ1v) is 7.81. The van der Waals surface area contributed by atoms with Gasteiger partial charge < -0.3 is 15.1 Å². The van der Waals surface area contributed by atoms with Gasteiger partial charge in [0.15, 0.2) is 0 Å². The number of nitrogens with one attached hydrogen (secondary N) is 3. The molecular formula is C18H18N4O3. The molecule has 7 nitrogen and oxygen atoms in total. The zero-order valence-electron chi connectivity index (χ0n) is 13.7. The molecule has 1 unspecified atom stereocenters. The Balaban J connectivity index is 1.74. The van der Waals surface area contributed by atoms with Gasteiger partial charge in [-0.1, -0.05) is 30.3 Å². The molecule has 0 saturated carbocycles. The van der Waals surface area contributed by atoms with Gasteiger partial charge in [-0.25, -0.2) is 0 Å². The number of benzene rings is 1. The fourth-order valence-electron chi connectivity index (χ4n) is 2.43. The SMILES string of the molecule is Cc1ccc(CC(=O)NC(C(=O)Nc2ccn[nH]2)c2ccccc2)o1. The summed E-state index contributed by atoms with van der Waals surface area (Å²) < 4.78 is 5.41. The second-order valence-corrected chi connectivity index (χ2v) is 5.56. The summed E-state index contributed by atoms with van der Waals surface area (Å²) in [5.74, 6) is 1.08. The van der Waals surface area contributed by atoms with E-state index in [1.54, 1.807) is 30.3 Å². The van der Waals surface area contributed by atoms with Gasteiger partial charge in [-0.15, -0.1) is 0 Å². The van der Waals surface area contributed by atoms with E-state index in [4.69, 9.17) is 4.42 Å². The fourth-order valence-corrected chi connectivity index (χ4v) is 2.43. The number of anilines is 1. The van der Waals surface area contributed by atoms with Crippen molar-refractivity contribution >= 4 is 17.6 Å². The lowest BCUT2D eigenvalue weighted by Gasteiger charge is -2.18. The zero-order valence-corrected chi connectivity index (χ0v) is 13.7. The van der Waals surface area contributed by atoms with Crippen LogP contribution in [-0.2, 0) is 16.0 Å². The molecule has 0 aliphatic carbocycles. The van der Waals surface area contributed by atoms with Gasteiger partial charge in [-0.05, 0) is 24.6 Å². The van der Waals surface area contributed by atoms with Crippen LogP contribution in [0.15, 0.2) is 59.1 Å². The molecule has 3 aromatic rings. The Morgan fingerprint density at radius 1 is 1.16 bits per heavy atom. The Kier molecular flexibility index (Phi) is 4.94. The first kappa shape index (κ1) is 16.5. The van der Waals surface area contributed by atoms with E-state index in [1.165, 1.54) is 6.20 Å². The molecule has 3 N–H and O–H groups in total. The summed E-state index contributed by atoms with van der Waals surface area (Å²) in [6, 6.07) is 13.4. The lowest BCUT2D eigenvalue weighted by Crippen LogP contribution is -2.37. The Hall–Kier alpha value is -3.35. The van der Waals surface area contributed by atoms with E-state index in [1.807, 2.05) is 25.1 Å². The number of carbonyl (C=O) groups excluding carboxylic acids is 2. The van der Waals surface area contributed by atoms with Crippen LogP contribution in [-0.4, -0.2) is 22.0 Å². The maximum absolute atomic E-state index is 12.6. The number of furan rings is 1. The van der Waals surface area contributed by atoms with Crippen LogP contribution in [0, 0.1) is 6.92 Å². The van der Waals surface area contributed by atoms with E-state index in [-0.39, 0.29) is 18.2 Å². The molecule has 7 heteroatoms. The third-order valence-electron chi connectivity index (χ3n) is 3.59. The van der Waals surface area contributed by atoms with Crippen molar-refractivity contribution in [3.05, 3.63) is 71.8 Å². The predicted molar refractivity (Wildman–Crippen MR) is 91.7 cm³/mol. The topological polar surface area (TPSA) is 100 Å². The lowest BCUT2D eigenvalue weighted by molar-refractivity contribution is -0.126. The van der Waals surface area contributed by atoms with E-state index >= 15 is 0 Å². The molecule has 2 aromatic heterocycles. The number of H-pyrrole nitrogens is 1. The van der Waals surface area contributed by atoms with Crippen LogP contribution in [0.2, 0.25) is 0 Å². The van der Waals surface area contributed by atoms with Gasteiger partial charge >= 0.3 is 0 Å². The summed E-state index contributed by atoms with van der Waals surface area (Å²) in [6.07, 6.45) is 1.60. The average molecular weight is 338 g/mol. The Labute approximate surface area is 144 Å². The van der Waals surface area contributed by atoms with Gasteiger partial charge in [-0.2, -0.15) is 5.10 Å². The normalized spacial score (nSPS) is 11.7. The van der Waals surface area contributed by atoms with Gasteiger partial charge in [0.1, 0.15) is 23.4 Å². The lowest BCUT2D eigenvalue weighted by atomic mass is 10.1. The van der Waals surface area contributed by atoms with Crippen molar-refractivity contribution in [2.45, 2.75) is 19.4 Å². The summed E-state index contributed by atoms with van der Waals surface area (Å²) in [5.41, 5.74) is 0.684. The average Bonchev–Trinajstić information content (AvgIpc) is 3.25. The van der Waals surface area contributed by atoms with Crippen LogP contribution >= 0.6 is 0 Å². The minimum absolute atomic E-state index is 0.0640. The number of rotatable bonds is 6. The van der Waals surface area contributed by atoms with Gasteiger partial charge in [0.25, 0.3) is 5.91 Å². The summed E-state index contributed by atoms with van der Waals surface area (Å²) >= 11 is 0. The number of nitrogens with zero attached hydrogens (tertiary/aromatic N) is 1.